The predicted molar refractivity (Wildman–Crippen MR) is 104 cm³/mol. The van der Waals surface area contributed by atoms with Gasteiger partial charge < -0.3 is 14.8 Å². The second kappa shape index (κ2) is 9.17. The fraction of sp³-hybridized carbons (Fsp3) is 0.318. The highest BCUT2D eigenvalue weighted by Gasteiger charge is 2.13. The van der Waals surface area contributed by atoms with Gasteiger partial charge in [-0.2, -0.15) is 0 Å². The SMILES string of the molecule is COC(=O)c1ccc(NC(=O)COC(=O)Cc2ccc3c(c2)CCCC3)cc1. The van der Waals surface area contributed by atoms with E-state index in [1.165, 1.54) is 31.1 Å². The van der Waals surface area contributed by atoms with Crippen molar-refractivity contribution >= 4 is 23.5 Å². The van der Waals surface area contributed by atoms with Gasteiger partial charge in [-0.15, -0.1) is 0 Å². The molecule has 0 spiro atoms. The van der Waals surface area contributed by atoms with Gasteiger partial charge in [0.05, 0.1) is 19.1 Å². The lowest BCUT2D eigenvalue weighted by Gasteiger charge is -2.16. The number of carbonyl (C=O) groups excluding carboxylic acids is 3. The van der Waals surface area contributed by atoms with Crippen LogP contribution < -0.4 is 5.32 Å². The molecule has 0 bridgehead atoms. The van der Waals surface area contributed by atoms with E-state index in [1.807, 2.05) is 6.07 Å². The Hall–Kier alpha value is -3.15. The van der Waals surface area contributed by atoms with E-state index < -0.39 is 17.8 Å². The number of nitrogens with one attached hydrogen (secondary N) is 1. The minimum absolute atomic E-state index is 0.147. The summed E-state index contributed by atoms with van der Waals surface area (Å²) in [6.07, 6.45) is 4.70. The fourth-order valence-corrected chi connectivity index (χ4v) is 3.27. The standard InChI is InChI=1S/C22H23NO5/c1-27-22(26)17-8-10-19(11-9-17)23-20(24)14-28-21(25)13-15-6-7-16-4-2-3-5-18(16)12-15/h6-12H,2-5,13-14H2,1H3,(H,23,24). The van der Waals surface area contributed by atoms with E-state index in [1.54, 1.807) is 24.3 Å². The first kappa shape index (κ1) is 19.6. The number of methoxy groups -OCH3 is 1. The number of anilines is 1. The van der Waals surface area contributed by atoms with Gasteiger partial charge in [-0.3, -0.25) is 9.59 Å². The summed E-state index contributed by atoms with van der Waals surface area (Å²) in [5.41, 5.74) is 4.47. The van der Waals surface area contributed by atoms with Gasteiger partial charge in [0.15, 0.2) is 6.61 Å². The first-order valence-electron chi connectivity index (χ1n) is 9.29. The van der Waals surface area contributed by atoms with E-state index in [4.69, 9.17) is 4.74 Å². The van der Waals surface area contributed by atoms with Crippen molar-refractivity contribution in [3.8, 4) is 0 Å². The number of benzene rings is 2. The Morgan fingerprint density at radius 1 is 0.964 bits per heavy atom. The molecule has 6 heteroatoms. The molecule has 0 atom stereocenters. The molecule has 6 nitrogen and oxygen atoms in total. The van der Waals surface area contributed by atoms with Gasteiger partial charge in [-0.05, 0) is 66.6 Å². The third-order valence-electron chi connectivity index (χ3n) is 4.72. The first-order chi connectivity index (χ1) is 13.5. The summed E-state index contributed by atoms with van der Waals surface area (Å²) >= 11 is 0. The summed E-state index contributed by atoms with van der Waals surface area (Å²) in [5, 5.41) is 2.62. The molecule has 0 fully saturated rings. The average molecular weight is 381 g/mol. The molecule has 0 heterocycles. The molecule has 1 amide bonds. The highest BCUT2D eigenvalue weighted by Crippen LogP contribution is 2.22. The van der Waals surface area contributed by atoms with Crippen molar-refractivity contribution in [3.05, 3.63) is 64.7 Å². The Labute approximate surface area is 163 Å². The summed E-state index contributed by atoms with van der Waals surface area (Å²) in [5.74, 6) is -1.33. The minimum Gasteiger partial charge on any atom is -0.465 e. The van der Waals surface area contributed by atoms with Gasteiger partial charge in [-0.25, -0.2) is 4.79 Å². The molecule has 0 saturated carbocycles. The molecule has 1 aliphatic carbocycles. The van der Waals surface area contributed by atoms with Crippen molar-refractivity contribution in [2.24, 2.45) is 0 Å². The van der Waals surface area contributed by atoms with Gasteiger partial charge >= 0.3 is 11.9 Å². The number of ether oxygens (including phenoxy) is 2. The lowest BCUT2D eigenvalue weighted by molar-refractivity contribution is -0.146. The van der Waals surface area contributed by atoms with Gasteiger partial charge in [0, 0.05) is 5.69 Å². The molecule has 2 aromatic rings. The summed E-state index contributed by atoms with van der Waals surface area (Å²) in [7, 11) is 1.30. The van der Waals surface area contributed by atoms with Crippen LogP contribution in [0, 0.1) is 0 Å². The second-order valence-electron chi connectivity index (χ2n) is 6.76. The van der Waals surface area contributed by atoms with Crippen LogP contribution in [-0.4, -0.2) is 31.6 Å². The van der Waals surface area contributed by atoms with Crippen molar-refractivity contribution in [1.29, 1.82) is 0 Å². The van der Waals surface area contributed by atoms with Crippen LogP contribution in [-0.2, 0) is 38.3 Å². The quantitative estimate of drug-likeness (QED) is 0.778. The van der Waals surface area contributed by atoms with Gasteiger partial charge in [-0.1, -0.05) is 18.2 Å². The third-order valence-corrected chi connectivity index (χ3v) is 4.72. The Morgan fingerprint density at radius 3 is 2.39 bits per heavy atom. The summed E-state index contributed by atoms with van der Waals surface area (Å²) < 4.78 is 9.70. The molecule has 1 N–H and O–H groups in total. The summed E-state index contributed by atoms with van der Waals surface area (Å²) in [4.78, 5) is 35.4. The zero-order valence-corrected chi connectivity index (χ0v) is 15.8. The normalized spacial score (nSPS) is 12.6. The van der Waals surface area contributed by atoms with Crippen LogP contribution in [0.1, 0.15) is 39.9 Å². The van der Waals surface area contributed by atoms with Crippen molar-refractivity contribution in [1.82, 2.24) is 0 Å². The van der Waals surface area contributed by atoms with Gasteiger partial charge in [0.2, 0.25) is 0 Å². The van der Waals surface area contributed by atoms with Crippen LogP contribution in [0.5, 0.6) is 0 Å². The minimum atomic E-state index is -0.450. The van der Waals surface area contributed by atoms with Crippen LogP contribution in [0.4, 0.5) is 5.69 Å². The smallest absolute Gasteiger partial charge is 0.337 e. The van der Waals surface area contributed by atoms with E-state index in [9.17, 15) is 14.4 Å². The second-order valence-corrected chi connectivity index (χ2v) is 6.76. The van der Waals surface area contributed by atoms with Crippen LogP contribution >= 0.6 is 0 Å². The molecule has 0 unspecified atom stereocenters. The zero-order valence-electron chi connectivity index (χ0n) is 15.8. The van der Waals surface area contributed by atoms with Crippen LogP contribution in [0.25, 0.3) is 0 Å². The van der Waals surface area contributed by atoms with Crippen molar-refractivity contribution in [2.45, 2.75) is 32.1 Å². The van der Waals surface area contributed by atoms with E-state index in [2.05, 4.69) is 22.2 Å². The lowest BCUT2D eigenvalue weighted by atomic mass is 9.90. The summed E-state index contributed by atoms with van der Waals surface area (Å²) in [6.45, 7) is -0.359. The number of hydrogen-bond donors (Lipinski definition) is 1. The number of amides is 1. The fourth-order valence-electron chi connectivity index (χ4n) is 3.27. The number of rotatable bonds is 6. The monoisotopic (exact) mass is 381 g/mol. The highest BCUT2D eigenvalue weighted by molar-refractivity contribution is 5.94. The Bertz CT molecular complexity index is 873. The van der Waals surface area contributed by atoms with Crippen molar-refractivity contribution < 1.29 is 23.9 Å². The zero-order chi connectivity index (χ0) is 19.9. The van der Waals surface area contributed by atoms with E-state index >= 15 is 0 Å². The highest BCUT2D eigenvalue weighted by atomic mass is 16.5. The van der Waals surface area contributed by atoms with Crippen LogP contribution in [0.3, 0.4) is 0 Å². The maximum Gasteiger partial charge on any atom is 0.337 e. The molecule has 0 aromatic heterocycles. The molecule has 0 aliphatic heterocycles. The van der Waals surface area contributed by atoms with Crippen LogP contribution in [0.2, 0.25) is 0 Å². The Kier molecular flexibility index (Phi) is 6.42. The predicted octanol–water partition coefficient (Wildman–Crippen LogP) is 3.08. The molecule has 1 aliphatic rings. The van der Waals surface area contributed by atoms with E-state index in [-0.39, 0.29) is 13.0 Å². The molecular formula is C22H23NO5. The van der Waals surface area contributed by atoms with E-state index in [0.29, 0.717) is 11.3 Å². The lowest BCUT2D eigenvalue weighted by Crippen LogP contribution is -2.21. The summed E-state index contributed by atoms with van der Waals surface area (Å²) in [6, 6.07) is 12.4. The molecule has 0 radical (unpaired) electrons. The maximum atomic E-state index is 12.0. The molecule has 3 rings (SSSR count). The first-order valence-corrected chi connectivity index (χ1v) is 9.29. The van der Waals surface area contributed by atoms with Crippen molar-refractivity contribution in [3.63, 3.8) is 0 Å². The maximum absolute atomic E-state index is 12.0. The number of esters is 2. The average Bonchev–Trinajstić information content (AvgIpc) is 2.72. The number of hydrogen-bond acceptors (Lipinski definition) is 5. The largest absolute Gasteiger partial charge is 0.465 e. The number of aryl methyl sites for hydroxylation is 2. The van der Waals surface area contributed by atoms with Crippen LogP contribution in [0.15, 0.2) is 42.5 Å². The number of carbonyl (C=O) groups is 3. The molecule has 2 aromatic carbocycles. The molecule has 28 heavy (non-hydrogen) atoms. The Morgan fingerprint density at radius 2 is 1.68 bits per heavy atom. The topological polar surface area (TPSA) is 81.7 Å². The molecular weight excluding hydrogens is 358 g/mol. The molecule has 146 valence electrons. The van der Waals surface area contributed by atoms with E-state index in [0.717, 1.165) is 18.4 Å². The Balaban J connectivity index is 1.46. The third kappa shape index (κ3) is 5.19. The molecule has 0 saturated heterocycles. The van der Waals surface area contributed by atoms with Crippen molar-refractivity contribution in [2.75, 3.05) is 19.0 Å². The van der Waals surface area contributed by atoms with Gasteiger partial charge in [0.1, 0.15) is 0 Å². The number of fused-ring (bicyclic) bond motifs is 1. The van der Waals surface area contributed by atoms with Gasteiger partial charge in [0.25, 0.3) is 5.91 Å².